The number of anilines is 1. The number of halogens is 1. The molecule has 4 heteroatoms. The monoisotopic (exact) mass is 328 g/mol. The summed E-state index contributed by atoms with van der Waals surface area (Å²) >= 11 is 6.13. The van der Waals surface area contributed by atoms with Crippen LogP contribution in [-0.2, 0) is 0 Å². The van der Waals surface area contributed by atoms with Crippen LogP contribution in [0.5, 0.6) is 0 Å². The SMILES string of the molecule is Cc1ccc(C2CCCN2C(=O)Nc2cccc(Cl)c2C)cc1. The van der Waals surface area contributed by atoms with Gasteiger partial charge in [-0.05, 0) is 49.9 Å². The molecule has 1 aliphatic rings. The first-order valence-electron chi connectivity index (χ1n) is 7.95. The molecule has 0 spiro atoms. The lowest BCUT2D eigenvalue weighted by molar-refractivity contribution is 0.207. The average Bonchev–Trinajstić information content (AvgIpc) is 3.02. The Balaban J connectivity index is 1.78. The molecule has 1 saturated heterocycles. The van der Waals surface area contributed by atoms with Crippen molar-refractivity contribution in [2.75, 3.05) is 11.9 Å². The van der Waals surface area contributed by atoms with E-state index in [-0.39, 0.29) is 12.1 Å². The maximum absolute atomic E-state index is 12.7. The lowest BCUT2D eigenvalue weighted by Gasteiger charge is -2.26. The zero-order chi connectivity index (χ0) is 16.4. The molecule has 1 atom stereocenters. The summed E-state index contributed by atoms with van der Waals surface area (Å²) in [6.45, 7) is 4.77. The molecule has 0 aromatic heterocycles. The van der Waals surface area contributed by atoms with Gasteiger partial charge in [-0.25, -0.2) is 4.79 Å². The minimum Gasteiger partial charge on any atom is -0.317 e. The first kappa shape index (κ1) is 15.9. The van der Waals surface area contributed by atoms with Crippen LogP contribution in [0.1, 0.15) is 35.6 Å². The number of hydrogen-bond donors (Lipinski definition) is 1. The lowest BCUT2D eigenvalue weighted by Crippen LogP contribution is -2.34. The largest absolute Gasteiger partial charge is 0.322 e. The summed E-state index contributed by atoms with van der Waals surface area (Å²) in [6, 6.07) is 14.1. The van der Waals surface area contributed by atoms with Crippen molar-refractivity contribution in [1.82, 2.24) is 4.90 Å². The van der Waals surface area contributed by atoms with Gasteiger partial charge in [-0.1, -0.05) is 47.5 Å². The van der Waals surface area contributed by atoms with Crippen LogP contribution >= 0.6 is 11.6 Å². The molecular formula is C19H21ClN2O. The van der Waals surface area contributed by atoms with Gasteiger partial charge in [0.2, 0.25) is 0 Å². The number of likely N-dealkylation sites (tertiary alicyclic amines) is 1. The van der Waals surface area contributed by atoms with Crippen molar-refractivity contribution >= 4 is 23.3 Å². The highest BCUT2D eigenvalue weighted by molar-refractivity contribution is 6.31. The molecule has 3 rings (SSSR count). The van der Waals surface area contributed by atoms with E-state index < -0.39 is 0 Å². The van der Waals surface area contributed by atoms with Crippen molar-refractivity contribution in [3.05, 3.63) is 64.2 Å². The quantitative estimate of drug-likeness (QED) is 0.794. The van der Waals surface area contributed by atoms with E-state index in [4.69, 9.17) is 11.6 Å². The molecule has 3 nitrogen and oxygen atoms in total. The molecular weight excluding hydrogens is 308 g/mol. The van der Waals surface area contributed by atoms with Crippen LogP contribution < -0.4 is 5.32 Å². The number of aryl methyl sites for hydroxylation is 1. The number of benzene rings is 2. The standard InChI is InChI=1S/C19H21ClN2O/c1-13-8-10-15(11-9-13)18-7-4-12-22(18)19(23)21-17-6-3-5-16(20)14(17)2/h3,5-6,8-11,18H,4,7,12H2,1-2H3,(H,21,23). The Morgan fingerprint density at radius 2 is 1.91 bits per heavy atom. The van der Waals surface area contributed by atoms with Crippen LogP contribution in [0.25, 0.3) is 0 Å². The van der Waals surface area contributed by atoms with Crippen molar-refractivity contribution in [2.45, 2.75) is 32.7 Å². The molecule has 0 radical (unpaired) electrons. The highest BCUT2D eigenvalue weighted by Gasteiger charge is 2.30. The molecule has 23 heavy (non-hydrogen) atoms. The molecule has 0 saturated carbocycles. The Morgan fingerprint density at radius 1 is 1.17 bits per heavy atom. The third-order valence-corrected chi connectivity index (χ3v) is 4.89. The number of hydrogen-bond acceptors (Lipinski definition) is 1. The fourth-order valence-corrected chi connectivity index (χ4v) is 3.25. The second-order valence-corrected chi connectivity index (χ2v) is 6.51. The zero-order valence-electron chi connectivity index (χ0n) is 13.5. The summed E-state index contributed by atoms with van der Waals surface area (Å²) in [6.07, 6.45) is 2.03. The Morgan fingerprint density at radius 3 is 2.65 bits per heavy atom. The van der Waals surface area contributed by atoms with E-state index in [1.807, 2.05) is 30.0 Å². The molecule has 1 unspecified atom stereocenters. The predicted octanol–water partition coefficient (Wildman–Crippen LogP) is 5.33. The molecule has 120 valence electrons. The smallest absolute Gasteiger partial charge is 0.317 e. The van der Waals surface area contributed by atoms with Gasteiger partial charge < -0.3 is 10.2 Å². The maximum Gasteiger partial charge on any atom is 0.322 e. The van der Waals surface area contributed by atoms with Gasteiger partial charge in [-0.3, -0.25) is 0 Å². The van der Waals surface area contributed by atoms with E-state index >= 15 is 0 Å². The van der Waals surface area contributed by atoms with Gasteiger partial charge in [0, 0.05) is 17.3 Å². The van der Waals surface area contributed by atoms with Gasteiger partial charge in [0.1, 0.15) is 0 Å². The minimum absolute atomic E-state index is 0.0570. The van der Waals surface area contributed by atoms with Crippen LogP contribution in [-0.4, -0.2) is 17.5 Å². The van der Waals surface area contributed by atoms with Gasteiger partial charge >= 0.3 is 6.03 Å². The Hall–Kier alpha value is -2.00. The van der Waals surface area contributed by atoms with Gasteiger partial charge in [0.25, 0.3) is 0 Å². The highest BCUT2D eigenvalue weighted by atomic mass is 35.5. The normalized spacial score (nSPS) is 17.3. The number of rotatable bonds is 2. The fourth-order valence-electron chi connectivity index (χ4n) is 3.07. The number of urea groups is 1. The first-order chi connectivity index (χ1) is 11.1. The van der Waals surface area contributed by atoms with E-state index in [0.29, 0.717) is 5.02 Å². The number of carbonyl (C=O) groups excluding carboxylic acids is 1. The third-order valence-electron chi connectivity index (χ3n) is 4.49. The molecule has 1 N–H and O–H groups in total. The van der Waals surface area contributed by atoms with Crippen LogP contribution in [0.15, 0.2) is 42.5 Å². The number of nitrogens with zero attached hydrogens (tertiary/aromatic N) is 1. The van der Waals surface area contributed by atoms with Gasteiger partial charge in [0.05, 0.1) is 6.04 Å². The number of nitrogens with one attached hydrogen (secondary N) is 1. The molecule has 1 aliphatic heterocycles. The van der Waals surface area contributed by atoms with Crippen molar-refractivity contribution in [1.29, 1.82) is 0 Å². The molecule has 2 amide bonds. The lowest BCUT2D eigenvalue weighted by atomic mass is 10.0. The van der Waals surface area contributed by atoms with E-state index in [1.165, 1.54) is 11.1 Å². The Kier molecular flexibility index (Phi) is 4.58. The number of carbonyl (C=O) groups is 1. The highest BCUT2D eigenvalue weighted by Crippen LogP contribution is 2.33. The summed E-state index contributed by atoms with van der Waals surface area (Å²) in [4.78, 5) is 14.6. The van der Waals surface area contributed by atoms with Crippen molar-refractivity contribution in [2.24, 2.45) is 0 Å². The molecule has 0 bridgehead atoms. The maximum atomic E-state index is 12.7. The van der Waals surface area contributed by atoms with Crippen molar-refractivity contribution in [3.8, 4) is 0 Å². The Labute approximate surface area is 142 Å². The van der Waals surface area contributed by atoms with Gasteiger partial charge in [-0.2, -0.15) is 0 Å². The predicted molar refractivity (Wildman–Crippen MR) is 95.1 cm³/mol. The van der Waals surface area contributed by atoms with Crippen molar-refractivity contribution in [3.63, 3.8) is 0 Å². The summed E-state index contributed by atoms with van der Waals surface area (Å²) < 4.78 is 0. The Bertz CT molecular complexity index is 712. The summed E-state index contributed by atoms with van der Waals surface area (Å²) in [5, 5.41) is 3.67. The first-order valence-corrected chi connectivity index (χ1v) is 8.33. The topological polar surface area (TPSA) is 32.3 Å². The molecule has 2 aromatic carbocycles. The van der Waals surface area contributed by atoms with E-state index in [1.54, 1.807) is 0 Å². The van der Waals surface area contributed by atoms with E-state index in [2.05, 4.69) is 36.5 Å². The number of amides is 2. The van der Waals surface area contributed by atoms with Gasteiger partial charge in [0.15, 0.2) is 0 Å². The van der Waals surface area contributed by atoms with Crippen LogP contribution in [0.2, 0.25) is 5.02 Å². The fraction of sp³-hybridized carbons (Fsp3) is 0.316. The van der Waals surface area contributed by atoms with Crippen LogP contribution in [0.3, 0.4) is 0 Å². The van der Waals surface area contributed by atoms with E-state index in [9.17, 15) is 4.79 Å². The summed E-state index contributed by atoms with van der Waals surface area (Å²) in [5.74, 6) is 0. The third kappa shape index (κ3) is 3.35. The second-order valence-electron chi connectivity index (χ2n) is 6.10. The van der Waals surface area contributed by atoms with Crippen LogP contribution in [0.4, 0.5) is 10.5 Å². The molecule has 2 aromatic rings. The second kappa shape index (κ2) is 6.63. The van der Waals surface area contributed by atoms with Crippen molar-refractivity contribution < 1.29 is 4.79 Å². The van der Waals surface area contributed by atoms with E-state index in [0.717, 1.165) is 30.6 Å². The summed E-state index contributed by atoms with van der Waals surface area (Å²) in [7, 11) is 0. The summed E-state index contributed by atoms with van der Waals surface area (Å²) in [5.41, 5.74) is 4.11. The zero-order valence-corrected chi connectivity index (χ0v) is 14.2. The van der Waals surface area contributed by atoms with Gasteiger partial charge in [-0.15, -0.1) is 0 Å². The molecule has 0 aliphatic carbocycles. The average molecular weight is 329 g/mol. The molecule has 1 heterocycles. The van der Waals surface area contributed by atoms with Crippen LogP contribution in [0, 0.1) is 13.8 Å². The molecule has 1 fully saturated rings. The minimum atomic E-state index is -0.0570.